The molecule has 0 aliphatic carbocycles. The van der Waals surface area contributed by atoms with E-state index in [0.717, 1.165) is 10.4 Å². The van der Waals surface area contributed by atoms with Crippen molar-refractivity contribution in [1.82, 2.24) is 9.80 Å². The van der Waals surface area contributed by atoms with E-state index in [0.29, 0.717) is 32.7 Å². The van der Waals surface area contributed by atoms with E-state index >= 15 is 0 Å². The number of halogens is 1. The molecule has 1 aliphatic heterocycles. The van der Waals surface area contributed by atoms with E-state index < -0.39 is 26.7 Å². The molecule has 1 aliphatic rings. The highest BCUT2D eigenvalue weighted by molar-refractivity contribution is 6.99. The van der Waals surface area contributed by atoms with Gasteiger partial charge in [-0.15, -0.1) is 5.04 Å². The van der Waals surface area contributed by atoms with Crippen LogP contribution in [0.25, 0.3) is 0 Å². The van der Waals surface area contributed by atoms with Gasteiger partial charge in [0.25, 0.3) is 0 Å². The second kappa shape index (κ2) is 11.2. The van der Waals surface area contributed by atoms with Gasteiger partial charge in [0.2, 0.25) is 0 Å². The minimum Gasteiger partial charge on any atom is -0.553 e. The second-order valence-electron chi connectivity index (χ2n) is 11.3. The number of piperazine rings is 1. The van der Waals surface area contributed by atoms with Gasteiger partial charge < -0.3 is 14.1 Å². The number of benzene rings is 2. The molecule has 35 heavy (non-hydrogen) atoms. The Morgan fingerprint density at radius 3 is 1.77 bits per heavy atom. The Hall–Kier alpha value is -2.22. The Balaban J connectivity index is 1.80. The van der Waals surface area contributed by atoms with Crippen molar-refractivity contribution in [2.24, 2.45) is 0 Å². The molecule has 0 radical (unpaired) electrons. The highest BCUT2D eigenvalue weighted by atomic mass is 28.4. The number of hydrogen-bond acceptors (Lipinski definition) is 4. The quantitative estimate of drug-likeness (QED) is 0.527. The predicted octanol–water partition coefficient (Wildman–Crippen LogP) is 4.45. The summed E-state index contributed by atoms with van der Waals surface area (Å²) in [5.74, 6) is 0. The molecule has 1 saturated heterocycles. The van der Waals surface area contributed by atoms with Crippen molar-refractivity contribution in [2.45, 2.75) is 58.3 Å². The van der Waals surface area contributed by atoms with Gasteiger partial charge in [-0.2, -0.15) is 10.4 Å². The Morgan fingerprint density at radius 2 is 1.37 bits per heavy atom. The Morgan fingerprint density at radius 1 is 0.886 bits per heavy atom. The molecule has 0 saturated carbocycles. The number of carbonyl (C=O) groups excluding carboxylic acids is 1. The summed E-state index contributed by atoms with van der Waals surface area (Å²) in [4.78, 5) is 16.3. The summed E-state index contributed by atoms with van der Waals surface area (Å²) < 4.78 is 27.0. The molecule has 1 fully saturated rings. The maximum Gasteiger partial charge on any atom is 0.410 e. The predicted molar refractivity (Wildman–Crippen MR) is 143 cm³/mol. The van der Waals surface area contributed by atoms with Crippen molar-refractivity contribution >= 4 is 24.8 Å². The van der Waals surface area contributed by atoms with Crippen LogP contribution in [0.15, 0.2) is 60.7 Å². The van der Waals surface area contributed by atoms with E-state index in [1.54, 1.807) is 4.90 Å². The molecule has 1 atom stereocenters. The van der Waals surface area contributed by atoms with E-state index in [9.17, 15) is 9.18 Å². The molecular formula is C28H41FN2O3Si-. The van der Waals surface area contributed by atoms with Crippen LogP contribution in [0.2, 0.25) is 5.04 Å². The number of ether oxygens (including phenoxy) is 1. The van der Waals surface area contributed by atoms with Crippen molar-refractivity contribution in [1.29, 1.82) is 0 Å². The van der Waals surface area contributed by atoms with Crippen LogP contribution in [0.5, 0.6) is 0 Å². The van der Waals surface area contributed by atoms with E-state index in [1.165, 1.54) is 0 Å². The maximum atomic E-state index is 14.5. The molecule has 2 aromatic carbocycles. The van der Waals surface area contributed by atoms with Gasteiger partial charge in [0.05, 0.1) is 14.4 Å². The van der Waals surface area contributed by atoms with Crippen LogP contribution in [0.4, 0.5) is 9.18 Å². The zero-order valence-corrected chi connectivity index (χ0v) is 23.1. The average molecular weight is 501 g/mol. The summed E-state index contributed by atoms with van der Waals surface area (Å²) in [5.41, 5.74) is -0.517. The fourth-order valence-corrected chi connectivity index (χ4v) is 9.44. The van der Waals surface area contributed by atoms with Gasteiger partial charge >= 0.3 is 6.09 Å². The van der Waals surface area contributed by atoms with Crippen LogP contribution < -0.4 is 10.4 Å². The third-order valence-corrected chi connectivity index (χ3v) is 11.5. The van der Waals surface area contributed by atoms with Crippen LogP contribution in [0, 0.1) is 0 Å². The van der Waals surface area contributed by atoms with Gasteiger partial charge in [0, 0.05) is 32.7 Å². The lowest BCUT2D eigenvalue weighted by Gasteiger charge is -2.57. The summed E-state index contributed by atoms with van der Waals surface area (Å²) in [6.07, 6.45) is -0.850. The lowest BCUT2D eigenvalue weighted by atomic mass is 10.2. The molecule has 193 valence electrons. The third-order valence-electron chi connectivity index (χ3n) is 6.42. The van der Waals surface area contributed by atoms with Crippen molar-refractivity contribution in [3.63, 3.8) is 0 Å². The third kappa shape index (κ3) is 6.71. The minimum atomic E-state index is -2.83. The topological polar surface area (TPSA) is 42.0 Å². The van der Waals surface area contributed by atoms with Gasteiger partial charge in [-0.25, -0.2) is 9.18 Å². The number of nitrogens with zero attached hydrogens (tertiary/aromatic N) is 2. The van der Waals surface area contributed by atoms with Crippen LogP contribution in [-0.2, 0) is 9.16 Å². The second-order valence-corrected chi connectivity index (χ2v) is 15.6. The van der Waals surface area contributed by atoms with Crippen LogP contribution in [0.3, 0.4) is 0 Å². The lowest BCUT2D eigenvalue weighted by molar-refractivity contribution is 0.00980. The molecule has 2 aromatic rings. The molecule has 0 aromatic heterocycles. The summed E-state index contributed by atoms with van der Waals surface area (Å²) >= 11 is 0. The van der Waals surface area contributed by atoms with E-state index in [4.69, 9.17) is 9.16 Å². The number of amides is 1. The maximum absolute atomic E-state index is 14.5. The zero-order chi connectivity index (χ0) is 25.7. The molecule has 0 spiro atoms. The van der Waals surface area contributed by atoms with Gasteiger partial charge in [0.15, 0.2) is 0 Å². The van der Waals surface area contributed by atoms with Gasteiger partial charge in [0.1, 0.15) is 12.3 Å². The van der Waals surface area contributed by atoms with Crippen molar-refractivity contribution < 1.29 is 18.3 Å². The normalized spacial score (nSPS) is 16.7. The van der Waals surface area contributed by atoms with Crippen LogP contribution in [0.1, 0.15) is 41.5 Å². The Bertz CT molecular complexity index is 897. The molecule has 5 nitrogen and oxygen atoms in total. The highest BCUT2D eigenvalue weighted by Gasteiger charge is 2.39. The number of carbonyl (C=O) groups is 1. The lowest BCUT2D eigenvalue weighted by Crippen LogP contribution is -2.68. The first-order valence-corrected chi connectivity index (χ1v) is 14.4. The fourth-order valence-electron chi connectivity index (χ4n) is 4.79. The molecule has 0 bridgehead atoms. The first-order valence-electron chi connectivity index (χ1n) is 12.5. The van der Waals surface area contributed by atoms with E-state index in [1.807, 2.05) is 57.2 Å². The van der Waals surface area contributed by atoms with E-state index in [-0.39, 0.29) is 11.1 Å². The largest absolute Gasteiger partial charge is 0.553 e. The van der Waals surface area contributed by atoms with Gasteiger partial charge in [-0.05, 0) is 20.8 Å². The van der Waals surface area contributed by atoms with Gasteiger partial charge in [-0.3, -0.25) is 4.90 Å². The van der Waals surface area contributed by atoms with Crippen molar-refractivity contribution in [3.8, 4) is 0 Å². The minimum absolute atomic E-state index is 0.210. The zero-order valence-electron chi connectivity index (χ0n) is 22.1. The molecule has 0 N–H and O–H groups in total. The molecule has 3 rings (SSSR count). The van der Waals surface area contributed by atoms with Crippen LogP contribution >= 0.6 is 0 Å². The summed E-state index contributed by atoms with van der Waals surface area (Å²) in [6.45, 7) is 14.6. The molecular weight excluding hydrogens is 459 g/mol. The van der Waals surface area contributed by atoms with Crippen molar-refractivity contribution in [3.05, 3.63) is 60.7 Å². The first-order chi connectivity index (χ1) is 16.5. The molecule has 1 heterocycles. The molecule has 0 unspecified atom stereocenters. The molecule has 1 amide bonds. The number of alkyl halides is 1. The average Bonchev–Trinajstić information content (AvgIpc) is 2.81. The Kier molecular flexibility index (Phi) is 8.78. The van der Waals surface area contributed by atoms with Gasteiger partial charge in [-0.1, -0.05) is 81.4 Å². The monoisotopic (exact) mass is 500 g/mol. The summed E-state index contributed by atoms with van der Waals surface area (Å²) in [7, 11) is -2.83. The van der Waals surface area contributed by atoms with Crippen LogP contribution in [-0.4, -0.2) is 75.3 Å². The molecule has 7 heteroatoms. The van der Waals surface area contributed by atoms with Crippen molar-refractivity contribution in [2.75, 3.05) is 39.4 Å². The smallest absolute Gasteiger partial charge is 0.410 e. The SMILES string of the molecule is CC(C)(C)OC(=O)N1CCN(C[C@H](CF)O[Si-](c2ccccc2)(c2ccccc2)C(C)(C)C)CC1. The fraction of sp³-hybridized carbons (Fsp3) is 0.536. The van der Waals surface area contributed by atoms with E-state index in [2.05, 4.69) is 49.9 Å². The number of rotatable bonds is 7. The summed E-state index contributed by atoms with van der Waals surface area (Å²) in [5, 5.41) is 2.08. The Labute approximate surface area is 211 Å². The summed E-state index contributed by atoms with van der Waals surface area (Å²) in [6, 6.07) is 20.7. The standard InChI is InChI=1S/C28H41FN2O3Si/c1-27(2,3)33-26(32)31-19-17-30(18-20-31)22-23(21-29)34-35(28(4,5)6,24-13-9-7-10-14-24)25-15-11-8-12-16-25/h7-16,23H,17-22H2,1-6H3/q-1/t23-/m0/s1. The first kappa shape index (κ1) is 27.4. The highest BCUT2D eigenvalue weighted by Crippen LogP contribution is 2.37. The number of hydrogen-bond donors (Lipinski definition) is 0.